The van der Waals surface area contributed by atoms with Crippen LogP contribution in [-0.4, -0.2) is 47.5 Å². The third-order valence-electron chi connectivity index (χ3n) is 6.94. The SMILES string of the molecule is CN(C)CCCCCC1=C[C@H]2C[C@@H](O)[C@H](/C=C/CC3(O)CCCC3)[C@H]2C1. The van der Waals surface area contributed by atoms with Crippen molar-refractivity contribution in [2.45, 2.75) is 82.3 Å². The highest BCUT2D eigenvalue weighted by atomic mass is 16.3. The molecule has 2 N–H and O–H groups in total. The molecule has 2 fully saturated rings. The number of allylic oxidation sites excluding steroid dienone is 2. The summed E-state index contributed by atoms with van der Waals surface area (Å²) in [5.41, 5.74) is 1.16. The van der Waals surface area contributed by atoms with Crippen molar-refractivity contribution in [2.24, 2.45) is 17.8 Å². The zero-order chi connectivity index (χ0) is 18.6. The van der Waals surface area contributed by atoms with E-state index in [1.54, 1.807) is 5.57 Å². The Labute approximate surface area is 160 Å². The lowest BCUT2D eigenvalue weighted by Crippen LogP contribution is -2.23. The predicted octanol–water partition coefficient (Wildman–Crippen LogP) is 4.30. The first-order valence-electron chi connectivity index (χ1n) is 10.9. The van der Waals surface area contributed by atoms with Crippen LogP contribution in [0.4, 0.5) is 0 Å². The fourth-order valence-corrected chi connectivity index (χ4v) is 5.43. The Hall–Kier alpha value is -0.640. The van der Waals surface area contributed by atoms with Gasteiger partial charge in [-0.15, -0.1) is 0 Å². The second-order valence-electron chi connectivity index (χ2n) is 9.41. The molecule has 0 amide bonds. The zero-order valence-corrected chi connectivity index (χ0v) is 16.9. The van der Waals surface area contributed by atoms with E-state index in [1.807, 2.05) is 0 Å². The summed E-state index contributed by atoms with van der Waals surface area (Å²) in [7, 11) is 4.29. The average molecular weight is 362 g/mol. The van der Waals surface area contributed by atoms with Gasteiger partial charge in [-0.2, -0.15) is 0 Å². The van der Waals surface area contributed by atoms with Crippen molar-refractivity contribution in [3.63, 3.8) is 0 Å². The van der Waals surface area contributed by atoms with E-state index in [-0.39, 0.29) is 12.0 Å². The molecule has 0 aliphatic heterocycles. The smallest absolute Gasteiger partial charge is 0.0682 e. The molecule has 3 nitrogen and oxygen atoms in total. The molecule has 148 valence electrons. The molecule has 3 rings (SSSR count). The lowest BCUT2D eigenvalue weighted by molar-refractivity contribution is 0.0505. The van der Waals surface area contributed by atoms with Crippen LogP contribution in [0.25, 0.3) is 0 Å². The van der Waals surface area contributed by atoms with Gasteiger partial charge < -0.3 is 15.1 Å². The minimum atomic E-state index is -0.467. The number of aliphatic hydroxyl groups excluding tert-OH is 1. The van der Waals surface area contributed by atoms with Crippen molar-refractivity contribution in [1.82, 2.24) is 4.90 Å². The Morgan fingerprint density at radius 3 is 2.69 bits per heavy atom. The largest absolute Gasteiger partial charge is 0.392 e. The van der Waals surface area contributed by atoms with E-state index < -0.39 is 5.60 Å². The van der Waals surface area contributed by atoms with Crippen LogP contribution in [0, 0.1) is 17.8 Å². The summed E-state index contributed by atoms with van der Waals surface area (Å²) in [4.78, 5) is 2.26. The number of fused-ring (bicyclic) bond motifs is 1. The Bertz CT molecular complexity index is 504. The van der Waals surface area contributed by atoms with Crippen molar-refractivity contribution in [1.29, 1.82) is 0 Å². The number of nitrogens with zero attached hydrogens (tertiary/aromatic N) is 1. The topological polar surface area (TPSA) is 43.7 Å². The first-order chi connectivity index (χ1) is 12.5. The summed E-state index contributed by atoms with van der Waals surface area (Å²) in [6.07, 6.45) is 18.9. The second-order valence-corrected chi connectivity index (χ2v) is 9.41. The summed E-state index contributed by atoms with van der Waals surface area (Å²) in [5, 5.41) is 21.0. The molecular formula is C23H39NO2. The van der Waals surface area contributed by atoms with E-state index in [1.165, 1.54) is 38.6 Å². The van der Waals surface area contributed by atoms with Gasteiger partial charge in [0, 0.05) is 5.92 Å². The number of hydrogen-bond acceptors (Lipinski definition) is 3. The molecule has 0 aromatic heterocycles. The van der Waals surface area contributed by atoms with Gasteiger partial charge in [0.1, 0.15) is 0 Å². The van der Waals surface area contributed by atoms with Gasteiger partial charge in [0.15, 0.2) is 0 Å². The fourth-order valence-electron chi connectivity index (χ4n) is 5.43. The molecule has 0 aromatic rings. The van der Waals surface area contributed by atoms with Crippen LogP contribution in [0.5, 0.6) is 0 Å². The lowest BCUT2D eigenvalue weighted by Gasteiger charge is -2.21. The summed E-state index contributed by atoms with van der Waals surface area (Å²) in [6, 6.07) is 0. The summed E-state index contributed by atoms with van der Waals surface area (Å²) < 4.78 is 0. The van der Waals surface area contributed by atoms with Gasteiger partial charge in [0.05, 0.1) is 11.7 Å². The normalized spacial score (nSPS) is 33.3. The van der Waals surface area contributed by atoms with Crippen LogP contribution < -0.4 is 0 Å². The predicted molar refractivity (Wildman–Crippen MR) is 108 cm³/mol. The number of unbranched alkanes of at least 4 members (excludes halogenated alkanes) is 2. The van der Waals surface area contributed by atoms with Crippen molar-refractivity contribution in [2.75, 3.05) is 20.6 Å². The second kappa shape index (κ2) is 9.03. The van der Waals surface area contributed by atoms with Gasteiger partial charge in [-0.3, -0.25) is 0 Å². The molecule has 0 saturated heterocycles. The molecule has 0 unspecified atom stereocenters. The van der Waals surface area contributed by atoms with Crippen LogP contribution in [0.2, 0.25) is 0 Å². The monoisotopic (exact) mass is 361 g/mol. The molecule has 2 saturated carbocycles. The van der Waals surface area contributed by atoms with Gasteiger partial charge in [-0.25, -0.2) is 0 Å². The lowest BCUT2D eigenvalue weighted by atomic mass is 9.88. The Morgan fingerprint density at radius 1 is 1.19 bits per heavy atom. The van der Waals surface area contributed by atoms with Crippen LogP contribution >= 0.6 is 0 Å². The zero-order valence-electron chi connectivity index (χ0n) is 16.9. The molecule has 3 aliphatic carbocycles. The molecule has 3 aliphatic rings. The van der Waals surface area contributed by atoms with Gasteiger partial charge in [0.25, 0.3) is 0 Å². The average Bonchev–Trinajstić information content (AvgIpc) is 3.24. The number of rotatable bonds is 9. The molecular weight excluding hydrogens is 322 g/mol. The molecule has 4 atom stereocenters. The van der Waals surface area contributed by atoms with Gasteiger partial charge in [-0.05, 0) is 83.8 Å². The summed E-state index contributed by atoms with van der Waals surface area (Å²) in [6.45, 7) is 1.19. The molecule has 26 heavy (non-hydrogen) atoms. The molecule has 0 bridgehead atoms. The molecule has 0 radical (unpaired) electrons. The van der Waals surface area contributed by atoms with E-state index in [0.29, 0.717) is 11.8 Å². The van der Waals surface area contributed by atoms with Crippen molar-refractivity contribution >= 4 is 0 Å². The van der Waals surface area contributed by atoms with Crippen molar-refractivity contribution < 1.29 is 10.2 Å². The van der Waals surface area contributed by atoms with Crippen LogP contribution in [0.3, 0.4) is 0 Å². The highest BCUT2D eigenvalue weighted by Crippen LogP contribution is 2.48. The molecule has 0 aromatic carbocycles. The number of hydrogen-bond donors (Lipinski definition) is 2. The van der Waals surface area contributed by atoms with Crippen LogP contribution in [0.15, 0.2) is 23.8 Å². The van der Waals surface area contributed by atoms with Gasteiger partial charge >= 0.3 is 0 Å². The summed E-state index contributed by atoms with van der Waals surface area (Å²) >= 11 is 0. The first kappa shape index (κ1) is 20.1. The Morgan fingerprint density at radius 2 is 1.96 bits per heavy atom. The maximum Gasteiger partial charge on any atom is 0.0682 e. The minimum Gasteiger partial charge on any atom is -0.392 e. The van der Waals surface area contributed by atoms with Gasteiger partial charge in [0.2, 0.25) is 0 Å². The Kier molecular flexibility index (Phi) is 6.98. The third kappa shape index (κ3) is 5.21. The first-order valence-corrected chi connectivity index (χ1v) is 10.9. The van der Waals surface area contributed by atoms with E-state index in [9.17, 15) is 10.2 Å². The fraction of sp³-hybridized carbons (Fsp3) is 0.826. The maximum absolute atomic E-state index is 10.5. The van der Waals surface area contributed by atoms with Crippen LogP contribution in [-0.2, 0) is 0 Å². The van der Waals surface area contributed by atoms with E-state index in [0.717, 1.165) is 38.5 Å². The molecule has 0 heterocycles. The quantitative estimate of drug-likeness (QED) is 0.475. The van der Waals surface area contributed by atoms with E-state index >= 15 is 0 Å². The molecule has 0 spiro atoms. The van der Waals surface area contributed by atoms with Gasteiger partial charge in [-0.1, -0.05) is 43.1 Å². The Balaban J connectivity index is 1.43. The summed E-state index contributed by atoms with van der Waals surface area (Å²) in [5.74, 6) is 1.45. The molecule has 3 heteroatoms. The van der Waals surface area contributed by atoms with Crippen LogP contribution in [0.1, 0.15) is 70.6 Å². The van der Waals surface area contributed by atoms with E-state index in [4.69, 9.17) is 0 Å². The van der Waals surface area contributed by atoms with E-state index in [2.05, 4.69) is 37.2 Å². The highest BCUT2D eigenvalue weighted by Gasteiger charge is 2.43. The minimum absolute atomic E-state index is 0.197. The standard InChI is InChI=1S/C23H39NO2/c1-24(2)14-7-3-4-9-18-15-19-17-22(25)20(21(19)16-18)10-8-13-23(26)11-5-6-12-23/h8,10,15,19-22,25-26H,3-7,9,11-14,16-17H2,1-2H3/b10-8+/t19-,20+,21-,22+/m0/s1. The number of aliphatic hydroxyl groups is 2. The highest BCUT2D eigenvalue weighted by molar-refractivity contribution is 5.20. The maximum atomic E-state index is 10.5. The van der Waals surface area contributed by atoms with Crippen molar-refractivity contribution in [3.8, 4) is 0 Å². The van der Waals surface area contributed by atoms with Crippen molar-refractivity contribution in [3.05, 3.63) is 23.8 Å². The third-order valence-corrected chi connectivity index (χ3v) is 6.94.